The number of hydrogen-bond donors (Lipinski definition) is 0. The Labute approximate surface area is 164 Å². The fraction of sp³-hybridized carbons (Fsp3) is 0.182. The van der Waals surface area contributed by atoms with Gasteiger partial charge in [-0.3, -0.25) is 4.79 Å². The van der Waals surface area contributed by atoms with Crippen molar-refractivity contribution in [2.75, 3.05) is 27.4 Å². The molecule has 0 aliphatic heterocycles. The molecule has 0 aliphatic rings. The van der Waals surface area contributed by atoms with Gasteiger partial charge in [0.15, 0.2) is 6.61 Å². The van der Waals surface area contributed by atoms with Gasteiger partial charge in [-0.05, 0) is 35.9 Å². The van der Waals surface area contributed by atoms with Crippen molar-refractivity contribution in [3.05, 3.63) is 72.3 Å². The van der Waals surface area contributed by atoms with E-state index >= 15 is 0 Å². The molecule has 0 atom stereocenters. The molecule has 0 heterocycles. The van der Waals surface area contributed by atoms with Gasteiger partial charge in [-0.1, -0.05) is 24.8 Å². The Hall–Kier alpha value is -3.54. The van der Waals surface area contributed by atoms with Crippen LogP contribution in [0.3, 0.4) is 0 Å². The summed E-state index contributed by atoms with van der Waals surface area (Å²) < 4.78 is 20.7. The van der Waals surface area contributed by atoms with Crippen molar-refractivity contribution in [2.24, 2.45) is 0 Å². The van der Waals surface area contributed by atoms with E-state index in [0.29, 0.717) is 29.4 Å². The molecule has 0 radical (unpaired) electrons. The molecule has 28 heavy (non-hydrogen) atoms. The van der Waals surface area contributed by atoms with Gasteiger partial charge in [0.1, 0.15) is 23.9 Å². The van der Waals surface area contributed by atoms with Crippen LogP contribution in [0.1, 0.15) is 15.9 Å². The third-order valence-electron chi connectivity index (χ3n) is 3.71. The summed E-state index contributed by atoms with van der Waals surface area (Å²) in [4.78, 5) is 24.2. The Morgan fingerprint density at radius 2 is 1.71 bits per heavy atom. The molecule has 0 fully saturated rings. The number of esters is 1. The first kappa shape index (κ1) is 20.8. The quantitative estimate of drug-likeness (QED) is 0.270. The van der Waals surface area contributed by atoms with Crippen molar-refractivity contribution in [3.63, 3.8) is 0 Å². The molecule has 0 saturated carbocycles. The molecule has 6 heteroatoms. The lowest BCUT2D eigenvalue weighted by atomic mass is 10.1. The summed E-state index contributed by atoms with van der Waals surface area (Å²) in [5, 5.41) is 0. The van der Waals surface area contributed by atoms with Gasteiger partial charge in [0.05, 0.1) is 19.8 Å². The highest BCUT2D eigenvalue weighted by molar-refractivity contribution is 6.01. The van der Waals surface area contributed by atoms with Crippen LogP contribution >= 0.6 is 0 Å². The largest absolute Gasteiger partial charge is 0.497 e. The predicted molar refractivity (Wildman–Crippen MR) is 106 cm³/mol. The highest BCUT2D eigenvalue weighted by Crippen LogP contribution is 2.25. The Balaban J connectivity index is 1.90. The average molecular weight is 382 g/mol. The summed E-state index contributed by atoms with van der Waals surface area (Å²) in [7, 11) is 2.97. The topological polar surface area (TPSA) is 71.1 Å². The standard InChI is InChI=1S/C22H22O6/c1-4-13-27-17-8-5-16(6-9-17)7-12-22(24)28-15-20(23)19-11-10-18(25-2)14-21(19)26-3/h4-12,14H,1,13,15H2,2-3H3/b12-7+. The van der Waals surface area contributed by atoms with Crippen LogP contribution in [0.4, 0.5) is 0 Å². The molecule has 0 aromatic heterocycles. The number of rotatable bonds is 10. The Bertz CT molecular complexity index is 852. The molecule has 0 amide bonds. The van der Waals surface area contributed by atoms with Crippen molar-refractivity contribution in [3.8, 4) is 17.2 Å². The third-order valence-corrected chi connectivity index (χ3v) is 3.71. The van der Waals surface area contributed by atoms with Crippen LogP contribution in [-0.2, 0) is 9.53 Å². The van der Waals surface area contributed by atoms with E-state index in [1.54, 1.807) is 54.6 Å². The first-order valence-electron chi connectivity index (χ1n) is 8.51. The van der Waals surface area contributed by atoms with Crippen LogP contribution in [0.2, 0.25) is 0 Å². The summed E-state index contributed by atoms with van der Waals surface area (Å²) in [5.74, 6) is 0.639. The zero-order chi connectivity index (χ0) is 20.4. The first-order chi connectivity index (χ1) is 13.6. The SMILES string of the molecule is C=CCOc1ccc(/C=C/C(=O)OCC(=O)c2ccc(OC)cc2OC)cc1. The lowest BCUT2D eigenvalue weighted by Crippen LogP contribution is -2.13. The number of ketones is 1. The molecule has 2 aromatic rings. The van der Waals surface area contributed by atoms with Gasteiger partial charge in [0.2, 0.25) is 5.78 Å². The molecular formula is C22H22O6. The van der Waals surface area contributed by atoms with E-state index in [2.05, 4.69) is 6.58 Å². The smallest absolute Gasteiger partial charge is 0.331 e. The first-order valence-corrected chi connectivity index (χ1v) is 8.51. The zero-order valence-electron chi connectivity index (χ0n) is 15.8. The van der Waals surface area contributed by atoms with Gasteiger partial charge in [-0.15, -0.1) is 0 Å². The molecule has 6 nitrogen and oxygen atoms in total. The highest BCUT2D eigenvalue weighted by Gasteiger charge is 2.14. The Morgan fingerprint density at radius 3 is 2.36 bits per heavy atom. The number of carbonyl (C=O) groups is 2. The van der Waals surface area contributed by atoms with Crippen molar-refractivity contribution < 1.29 is 28.5 Å². The molecule has 0 aliphatic carbocycles. The van der Waals surface area contributed by atoms with Gasteiger partial charge in [-0.25, -0.2) is 4.79 Å². The fourth-order valence-corrected chi connectivity index (χ4v) is 2.29. The van der Waals surface area contributed by atoms with E-state index < -0.39 is 5.97 Å². The second-order valence-electron chi connectivity index (χ2n) is 5.60. The van der Waals surface area contributed by atoms with Crippen LogP contribution < -0.4 is 14.2 Å². The van der Waals surface area contributed by atoms with Crippen molar-refractivity contribution >= 4 is 17.8 Å². The monoisotopic (exact) mass is 382 g/mol. The molecule has 146 valence electrons. The molecule has 0 saturated heterocycles. The van der Waals surface area contributed by atoms with E-state index in [1.807, 2.05) is 0 Å². The molecule has 0 spiro atoms. The van der Waals surface area contributed by atoms with E-state index in [4.69, 9.17) is 18.9 Å². The van der Waals surface area contributed by atoms with Crippen LogP contribution in [0.15, 0.2) is 61.2 Å². The average Bonchev–Trinajstić information content (AvgIpc) is 2.74. The van der Waals surface area contributed by atoms with Crippen LogP contribution in [0.25, 0.3) is 6.08 Å². The van der Waals surface area contributed by atoms with E-state index in [0.717, 1.165) is 5.56 Å². The molecule has 0 unspecified atom stereocenters. The zero-order valence-corrected chi connectivity index (χ0v) is 15.8. The minimum absolute atomic E-state index is 0.315. The summed E-state index contributed by atoms with van der Waals surface area (Å²) in [6, 6.07) is 12.0. The Morgan fingerprint density at radius 1 is 1.00 bits per heavy atom. The van der Waals surface area contributed by atoms with Crippen molar-refractivity contribution in [2.45, 2.75) is 0 Å². The summed E-state index contributed by atoms with van der Waals surface area (Å²) in [6.45, 7) is 3.62. The van der Waals surface area contributed by atoms with Crippen LogP contribution in [-0.4, -0.2) is 39.2 Å². The fourth-order valence-electron chi connectivity index (χ4n) is 2.29. The van der Waals surface area contributed by atoms with Gasteiger partial charge in [-0.2, -0.15) is 0 Å². The van der Waals surface area contributed by atoms with Crippen LogP contribution in [0.5, 0.6) is 17.2 Å². The van der Waals surface area contributed by atoms with Gasteiger partial charge >= 0.3 is 5.97 Å². The lowest BCUT2D eigenvalue weighted by Gasteiger charge is -2.09. The molecule has 2 aromatic carbocycles. The Kier molecular flexibility index (Phi) is 7.84. The summed E-state index contributed by atoms with van der Waals surface area (Å²) >= 11 is 0. The molecular weight excluding hydrogens is 360 g/mol. The van der Waals surface area contributed by atoms with Crippen LogP contribution in [0, 0.1) is 0 Å². The van der Waals surface area contributed by atoms with E-state index in [-0.39, 0.29) is 12.4 Å². The predicted octanol–water partition coefficient (Wildman–Crippen LogP) is 3.71. The molecule has 0 N–H and O–H groups in total. The minimum atomic E-state index is -0.618. The maximum Gasteiger partial charge on any atom is 0.331 e. The molecule has 0 bridgehead atoms. The maximum atomic E-state index is 12.3. The highest BCUT2D eigenvalue weighted by atomic mass is 16.5. The van der Waals surface area contributed by atoms with Crippen molar-refractivity contribution in [1.29, 1.82) is 0 Å². The minimum Gasteiger partial charge on any atom is -0.497 e. The van der Waals surface area contributed by atoms with Gasteiger partial charge < -0.3 is 18.9 Å². The summed E-state index contributed by atoms with van der Waals surface area (Å²) in [6.07, 6.45) is 4.52. The van der Waals surface area contributed by atoms with Crippen molar-refractivity contribution in [1.82, 2.24) is 0 Å². The number of benzene rings is 2. The summed E-state index contributed by atoms with van der Waals surface area (Å²) in [5.41, 5.74) is 1.11. The third kappa shape index (κ3) is 6.02. The number of carbonyl (C=O) groups excluding carboxylic acids is 2. The van der Waals surface area contributed by atoms with E-state index in [9.17, 15) is 9.59 Å². The second kappa shape index (κ2) is 10.6. The number of ether oxygens (including phenoxy) is 4. The van der Waals surface area contributed by atoms with E-state index in [1.165, 1.54) is 20.3 Å². The maximum absolute atomic E-state index is 12.3. The normalized spacial score (nSPS) is 10.4. The van der Waals surface area contributed by atoms with Gasteiger partial charge in [0.25, 0.3) is 0 Å². The number of hydrogen-bond acceptors (Lipinski definition) is 6. The number of Topliss-reactive ketones (excluding diaryl/α,β-unsaturated/α-hetero) is 1. The van der Waals surface area contributed by atoms with Gasteiger partial charge in [0, 0.05) is 12.1 Å². The lowest BCUT2D eigenvalue weighted by molar-refractivity contribution is -0.136. The second-order valence-corrected chi connectivity index (χ2v) is 5.60. The molecule has 2 rings (SSSR count). The number of methoxy groups -OCH3 is 2.